The summed E-state index contributed by atoms with van der Waals surface area (Å²) in [7, 11) is 0. The van der Waals surface area contributed by atoms with Crippen LogP contribution in [-0.4, -0.2) is 29.8 Å². The summed E-state index contributed by atoms with van der Waals surface area (Å²) in [5, 5.41) is 18.5. The first-order valence-electron chi connectivity index (χ1n) is 6.09. The molecule has 0 aliphatic heterocycles. The van der Waals surface area contributed by atoms with Gasteiger partial charge in [0.1, 0.15) is 11.5 Å². The van der Waals surface area contributed by atoms with Crippen molar-refractivity contribution in [3.8, 4) is 11.8 Å². The summed E-state index contributed by atoms with van der Waals surface area (Å²) in [6.45, 7) is 1.40. The molecule has 0 unspecified atom stereocenters. The predicted octanol–water partition coefficient (Wildman–Crippen LogP) is -0.396. The Morgan fingerprint density at radius 3 is 2.50 bits per heavy atom. The Morgan fingerprint density at radius 1 is 1.38 bits per heavy atom. The monoisotopic (exact) mass is 337 g/mol. The van der Waals surface area contributed by atoms with Crippen LogP contribution in [0.5, 0.6) is 5.75 Å². The van der Waals surface area contributed by atoms with Crippen molar-refractivity contribution < 1.29 is 57.6 Å². The first kappa shape index (κ1) is 21.6. The normalized spacial score (nSPS) is 11.0. The van der Waals surface area contributed by atoms with Crippen molar-refractivity contribution in [2.75, 3.05) is 6.61 Å². The van der Waals surface area contributed by atoms with E-state index in [2.05, 4.69) is 9.47 Å². The number of benzene rings is 1. The topological polar surface area (TPSA) is 96.6 Å². The van der Waals surface area contributed by atoms with Crippen LogP contribution in [0.1, 0.15) is 19.5 Å². The number of nitrogens with zero attached hydrogens (tertiary/aromatic N) is 1. The van der Waals surface area contributed by atoms with E-state index in [4.69, 9.17) is 5.26 Å². The van der Waals surface area contributed by atoms with Gasteiger partial charge in [-0.25, -0.2) is 4.79 Å². The van der Waals surface area contributed by atoms with Gasteiger partial charge in [-0.05, 0) is 25.1 Å². The molecule has 1 rings (SSSR count). The van der Waals surface area contributed by atoms with Crippen LogP contribution in [0.3, 0.4) is 0 Å². The fourth-order valence-electron chi connectivity index (χ4n) is 1.47. The first-order valence-corrected chi connectivity index (χ1v) is 6.09. The van der Waals surface area contributed by atoms with E-state index >= 15 is 0 Å². The summed E-state index contributed by atoms with van der Waals surface area (Å²) in [5.41, 5.74) is -0.550. The van der Waals surface area contributed by atoms with E-state index in [1.54, 1.807) is 6.07 Å². The van der Waals surface area contributed by atoms with Gasteiger partial charge in [-0.1, -0.05) is 0 Å². The molecule has 10 heteroatoms. The zero-order chi connectivity index (χ0) is 17.6. The van der Waals surface area contributed by atoms with Gasteiger partial charge in [0.05, 0.1) is 18.2 Å². The van der Waals surface area contributed by atoms with Crippen molar-refractivity contribution in [1.29, 1.82) is 5.26 Å². The second kappa shape index (κ2) is 9.02. The maximum atomic E-state index is 12.2. The Balaban J connectivity index is 0. The molecule has 0 fully saturated rings. The fraction of sp³-hybridized carbons (Fsp3) is 0.214. The summed E-state index contributed by atoms with van der Waals surface area (Å²) in [5.74, 6) is -4.01. The summed E-state index contributed by atoms with van der Waals surface area (Å²) < 4.78 is 44.7. The largest absolute Gasteiger partial charge is 1.00 e. The van der Waals surface area contributed by atoms with Crippen molar-refractivity contribution in [3.63, 3.8) is 0 Å². The quantitative estimate of drug-likeness (QED) is 0.258. The van der Waals surface area contributed by atoms with Crippen LogP contribution >= 0.6 is 0 Å². The number of alkyl halides is 3. The van der Waals surface area contributed by atoms with E-state index in [9.17, 15) is 27.9 Å². The van der Waals surface area contributed by atoms with Gasteiger partial charge >= 0.3 is 31.2 Å². The summed E-state index contributed by atoms with van der Waals surface area (Å²) >= 11 is 0. The third-order valence-corrected chi connectivity index (χ3v) is 2.31. The van der Waals surface area contributed by atoms with Gasteiger partial charge < -0.3 is 16.0 Å². The van der Waals surface area contributed by atoms with Gasteiger partial charge in [-0.2, -0.15) is 5.26 Å². The zero-order valence-electron chi connectivity index (χ0n) is 13.7. The number of ether oxygens (including phenoxy) is 2. The van der Waals surface area contributed by atoms with Crippen molar-refractivity contribution in [1.82, 2.24) is 0 Å². The molecule has 0 aromatic heterocycles. The van der Waals surface area contributed by atoms with Crippen LogP contribution in [0.25, 0.3) is 5.76 Å². The van der Waals surface area contributed by atoms with E-state index in [-0.39, 0.29) is 38.0 Å². The minimum atomic E-state index is -4.99. The summed E-state index contributed by atoms with van der Waals surface area (Å²) in [4.78, 5) is 22.5. The number of aliphatic hydroxyl groups is 1. The average molecular weight is 337 g/mol. The Bertz CT molecular complexity index is 701. The maximum Gasteiger partial charge on any atom is 1.00 e. The van der Waals surface area contributed by atoms with Crippen molar-refractivity contribution in [2.24, 2.45) is 0 Å². The Hall–Kier alpha value is -2.42. The number of ketones is 1. The van der Waals surface area contributed by atoms with Gasteiger partial charge in [-0.15, -0.1) is 13.2 Å². The Kier molecular flexibility index (Phi) is 8.11. The third-order valence-electron chi connectivity index (χ3n) is 2.31. The first-order chi connectivity index (χ1) is 10.7. The second-order valence-electron chi connectivity index (χ2n) is 4.02. The Morgan fingerprint density at radius 2 is 2.00 bits per heavy atom. The minimum Gasteiger partial charge on any atom is -1.00 e. The number of halogens is 3. The van der Waals surface area contributed by atoms with Gasteiger partial charge in [0, 0.05) is 11.6 Å². The van der Waals surface area contributed by atoms with Crippen molar-refractivity contribution >= 4 is 17.5 Å². The molecule has 0 aliphatic rings. The molecule has 0 atom stereocenters. The van der Waals surface area contributed by atoms with Gasteiger partial charge in [0.15, 0.2) is 0 Å². The number of carbonyl (C=O) groups excluding carboxylic acids is 2. The third kappa shape index (κ3) is 6.78. The molecule has 0 saturated carbocycles. The number of hydrogen-bond donors (Lipinski definition) is 1. The molecule has 0 amide bonds. The zero-order valence-corrected chi connectivity index (χ0v) is 12.7. The van der Waals surface area contributed by atoms with Gasteiger partial charge in [0.25, 0.3) is 5.78 Å². The molecule has 0 bridgehead atoms. The molecule has 1 aromatic carbocycles. The van der Waals surface area contributed by atoms with Crippen LogP contribution in [0.2, 0.25) is 0 Å². The molecule has 0 saturated heterocycles. The summed E-state index contributed by atoms with van der Waals surface area (Å²) in [6, 6.07) is 4.17. The molecule has 1 aromatic rings. The van der Waals surface area contributed by atoms with Crippen LogP contribution in [0.15, 0.2) is 24.3 Å². The van der Waals surface area contributed by atoms with E-state index in [1.165, 1.54) is 6.92 Å². The number of rotatable bonds is 5. The molecule has 1 N–H and O–H groups in total. The van der Waals surface area contributed by atoms with Crippen molar-refractivity contribution in [2.45, 2.75) is 13.3 Å². The number of carbonyl (C=O) groups is 2. The molecule has 0 radical (unpaired) electrons. The Labute approximate surface area is 148 Å². The predicted molar refractivity (Wildman–Crippen MR) is 71.2 cm³/mol. The van der Waals surface area contributed by atoms with Crippen LogP contribution in [0.4, 0.5) is 13.2 Å². The molecule has 24 heavy (non-hydrogen) atoms. The van der Waals surface area contributed by atoms with E-state index in [0.29, 0.717) is 6.08 Å². The molecule has 0 spiro atoms. The number of hydrogen-bond acceptors (Lipinski definition) is 6. The number of nitriles is 1. The van der Waals surface area contributed by atoms with E-state index in [0.717, 1.165) is 18.2 Å². The van der Waals surface area contributed by atoms with Crippen LogP contribution in [-0.2, 0) is 14.3 Å². The maximum absolute atomic E-state index is 12.2. The SMILES string of the molecule is CCOC(=O)C(=O)C=C(O)c1cc(C#N)cc(OC(F)(F)F)c1.[H-].[Li+]. The average Bonchev–Trinajstić information content (AvgIpc) is 2.45. The number of esters is 1. The van der Waals surface area contributed by atoms with Gasteiger partial charge in [-0.3, -0.25) is 4.79 Å². The molecule has 6 nitrogen and oxygen atoms in total. The van der Waals surface area contributed by atoms with E-state index in [1.807, 2.05) is 0 Å². The van der Waals surface area contributed by atoms with Gasteiger partial charge in [0.2, 0.25) is 0 Å². The molecular weight excluding hydrogens is 326 g/mol. The molecule has 0 aliphatic carbocycles. The smallest absolute Gasteiger partial charge is 1.00 e. The van der Waals surface area contributed by atoms with Crippen LogP contribution in [0, 0.1) is 11.3 Å². The molecular formula is C14H11F3LiNO5. The fourth-order valence-corrected chi connectivity index (χ4v) is 1.47. The summed E-state index contributed by atoms with van der Waals surface area (Å²) in [6.07, 6.45) is -4.52. The van der Waals surface area contributed by atoms with Crippen molar-refractivity contribution in [3.05, 3.63) is 35.4 Å². The number of aliphatic hydroxyl groups excluding tert-OH is 1. The van der Waals surface area contributed by atoms with E-state index < -0.39 is 29.6 Å². The minimum absolute atomic E-state index is 0. The standard InChI is InChI=1S/C14H10F3NO5.Li.H/c1-2-22-13(21)12(20)6-11(19)9-3-8(7-18)4-10(5-9)23-14(15,16)17;;/h3-6,19H,2H2,1H3;;/q;+1;-1. The molecule has 124 valence electrons. The molecule has 0 heterocycles. The second-order valence-corrected chi connectivity index (χ2v) is 4.02. The van der Waals surface area contributed by atoms with Crippen LogP contribution < -0.4 is 23.6 Å².